The maximum Gasteiger partial charge on any atom is 0.222 e. The third-order valence-corrected chi connectivity index (χ3v) is 3.64. The molecule has 4 heteroatoms. The number of carbonyl (C=O) groups excluding carboxylic acids is 1. The lowest BCUT2D eigenvalue weighted by molar-refractivity contribution is -0.127. The van der Waals surface area contributed by atoms with Crippen LogP contribution >= 0.6 is 15.9 Å². The highest BCUT2D eigenvalue weighted by Gasteiger charge is 2.28. The highest BCUT2D eigenvalue weighted by molar-refractivity contribution is 9.09. The average Bonchev–Trinajstić information content (AvgIpc) is 2.84. The number of halogens is 1. The molecule has 1 aromatic heterocycles. The van der Waals surface area contributed by atoms with Gasteiger partial charge in [-0.15, -0.1) is 0 Å². The van der Waals surface area contributed by atoms with Gasteiger partial charge in [0.05, 0.1) is 6.26 Å². The Bertz CT molecular complexity index is 323. The molecule has 1 aliphatic rings. The first-order valence-electron chi connectivity index (χ1n) is 5.15. The summed E-state index contributed by atoms with van der Waals surface area (Å²) in [6.45, 7) is 1.65. The third-order valence-electron chi connectivity index (χ3n) is 2.72. The molecule has 2 heterocycles. The van der Waals surface area contributed by atoms with Crippen LogP contribution in [0.4, 0.5) is 0 Å². The maximum atomic E-state index is 11.6. The van der Waals surface area contributed by atoms with Crippen LogP contribution in [-0.2, 0) is 11.2 Å². The van der Waals surface area contributed by atoms with E-state index in [0.717, 1.165) is 30.6 Å². The topological polar surface area (TPSA) is 33.5 Å². The van der Waals surface area contributed by atoms with E-state index in [9.17, 15) is 4.79 Å². The zero-order valence-corrected chi connectivity index (χ0v) is 10.1. The molecule has 1 saturated heterocycles. The molecule has 15 heavy (non-hydrogen) atoms. The van der Waals surface area contributed by atoms with Crippen molar-refractivity contribution in [2.75, 3.05) is 18.4 Å². The Morgan fingerprint density at radius 3 is 3.07 bits per heavy atom. The van der Waals surface area contributed by atoms with Gasteiger partial charge in [-0.1, -0.05) is 15.9 Å². The molecule has 1 aromatic rings. The molecule has 82 valence electrons. The van der Waals surface area contributed by atoms with E-state index in [4.69, 9.17) is 4.42 Å². The molecule has 0 N–H and O–H groups in total. The number of nitrogens with zero attached hydrogens (tertiary/aromatic N) is 1. The number of hydrogen-bond acceptors (Lipinski definition) is 2. The molecule has 1 aliphatic heterocycles. The van der Waals surface area contributed by atoms with Crippen molar-refractivity contribution in [2.24, 2.45) is 5.92 Å². The molecular formula is C11H14BrNO2. The van der Waals surface area contributed by atoms with Crippen LogP contribution in [0.15, 0.2) is 22.8 Å². The van der Waals surface area contributed by atoms with Crippen molar-refractivity contribution in [3.8, 4) is 0 Å². The molecule has 0 spiro atoms. The zero-order valence-electron chi connectivity index (χ0n) is 8.49. The molecule has 1 amide bonds. The van der Waals surface area contributed by atoms with Crippen LogP contribution in [-0.4, -0.2) is 29.2 Å². The van der Waals surface area contributed by atoms with Crippen molar-refractivity contribution >= 4 is 21.8 Å². The second kappa shape index (κ2) is 4.84. The number of hydrogen-bond donors (Lipinski definition) is 0. The Hall–Kier alpha value is -0.770. The number of alkyl halides is 1. The van der Waals surface area contributed by atoms with Crippen LogP contribution in [0.5, 0.6) is 0 Å². The summed E-state index contributed by atoms with van der Waals surface area (Å²) in [5.74, 6) is 1.70. The average molecular weight is 272 g/mol. The van der Waals surface area contributed by atoms with Gasteiger partial charge >= 0.3 is 0 Å². The van der Waals surface area contributed by atoms with Crippen LogP contribution in [0.25, 0.3) is 0 Å². The lowest BCUT2D eigenvalue weighted by Gasteiger charge is -2.15. The maximum absolute atomic E-state index is 11.6. The minimum absolute atomic E-state index is 0.269. The van der Waals surface area contributed by atoms with Crippen LogP contribution in [0, 0.1) is 5.92 Å². The molecule has 1 fully saturated rings. The van der Waals surface area contributed by atoms with E-state index in [0.29, 0.717) is 12.3 Å². The fraction of sp³-hybridized carbons (Fsp3) is 0.545. The minimum atomic E-state index is 0.269. The Morgan fingerprint density at radius 2 is 2.47 bits per heavy atom. The summed E-state index contributed by atoms with van der Waals surface area (Å²) in [5, 5.41) is 0.913. The van der Waals surface area contributed by atoms with Gasteiger partial charge in [0.15, 0.2) is 0 Å². The lowest BCUT2D eigenvalue weighted by Crippen LogP contribution is -2.27. The first-order valence-corrected chi connectivity index (χ1v) is 6.28. The molecule has 0 aromatic carbocycles. The number of rotatable bonds is 4. The van der Waals surface area contributed by atoms with E-state index in [1.165, 1.54) is 0 Å². The van der Waals surface area contributed by atoms with Crippen molar-refractivity contribution in [1.82, 2.24) is 4.90 Å². The molecule has 1 atom stereocenters. The predicted octanol–water partition coefficient (Wildman–Crippen LogP) is 2.07. The molecular weight excluding hydrogens is 258 g/mol. The largest absolute Gasteiger partial charge is 0.469 e. The number of carbonyl (C=O) groups is 1. The SMILES string of the molecule is O=C1CC(CBr)CN1CCc1ccco1. The lowest BCUT2D eigenvalue weighted by atomic mass is 10.2. The van der Waals surface area contributed by atoms with E-state index >= 15 is 0 Å². The molecule has 0 aliphatic carbocycles. The number of likely N-dealkylation sites (tertiary alicyclic amines) is 1. The molecule has 2 rings (SSSR count). The fourth-order valence-corrected chi connectivity index (χ4v) is 2.31. The van der Waals surface area contributed by atoms with E-state index in [2.05, 4.69) is 15.9 Å². The Balaban J connectivity index is 1.83. The first-order chi connectivity index (χ1) is 7.29. The van der Waals surface area contributed by atoms with Crippen molar-refractivity contribution in [2.45, 2.75) is 12.8 Å². The van der Waals surface area contributed by atoms with Gasteiger partial charge in [-0.25, -0.2) is 0 Å². The molecule has 1 unspecified atom stereocenters. The Labute approximate surface area is 97.6 Å². The molecule has 0 saturated carbocycles. The monoisotopic (exact) mass is 271 g/mol. The van der Waals surface area contributed by atoms with Crippen molar-refractivity contribution in [3.05, 3.63) is 24.2 Å². The van der Waals surface area contributed by atoms with Gasteiger partial charge in [-0.3, -0.25) is 4.79 Å². The van der Waals surface area contributed by atoms with E-state index < -0.39 is 0 Å². The van der Waals surface area contributed by atoms with Crippen molar-refractivity contribution in [1.29, 1.82) is 0 Å². The smallest absolute Gasteiger partial charge is 0.222 e. The number of amides is 1. The van der Waals surface area contributed by atoms with E-state index in [1.54, 1.807) is 6.26 Å². The Morgan fingerprint density at radius 1 is 1.60 bits per heavy atom. The van der Waals surface area contributed by atoms with Crippen LogP contribution in [0.3, 0.4) is 0 Å². The second-order valence-corrected chi connectivity index (χ2v) is 4.54. The minimum Gasteiger partial charge on any atom is -0.469 e. The summed E-state index contributed by atoms with van der Waals surface area (Å²) in [4.78, 5) is 13.5. The van der Waals surface area contributed by atoms with Crippen LogP contribution in [0.2, 0.25) is 0 Å². The molecule has 0 radical (unpaired) electrons. The number of furan rings is 1. The van der Waals surface area contributed by atoms with E-state index in [1.807, 2.05) is 17.0 Å². The van der Waals surface area contributed by atoms with Crippen LogP contribution in [0.1, 0.15) is 12.2 Å². The fourth-order valence-electron chi connectivity index (χ4n) is 1.87. The van der Waals surface area contributed by atoms with Gasteiger partial charge < -0.3 is 9.32 Å². The van der Waals surface area contributed by atoms with Crippen molar-refractivity contribution < 1.29 is 9.21 Å². The quantitative estimate of drug-likeness (QED) is 0.786. The van der Waals surface area contributed by atoms with Gasteiger partial charge in [-0.05, 0) is 18.1 Å². The molecule has 3 nitrogen and oxygen atoms in total. The highest BCUT2D eigenvalue weighted by atomic mass is 79.9. The van der Waals surface area contributed by atoms with Gasteiger partial charge in [0.2, 0.25) is 5.91 Å². The summed E-state index contributed by atoms with van der Waals surface area (Å²) in [6, 6.07) is 3.82. The van der Waals surface area contributed by atoms with Gasteiger partial charge in [0, 0.05) is 31.3 Å². The second-order valence-electron chi connectivity index (χ2n) is 3.89. The van der Waals surface area contributed by atoms with Crippen LogP contribution < -0.4 is 0 Å². The van der Waals surface area contributed by atoms with Gasteiger partial charge in [-0.2, -0.15) is 0 Å². The summed E-state index contributed by atoms with van der Waals surface area (Å²) in [6.07, 6.45) is 3.17. The standard InChI is InChI=1S/C11H14BrNO2/c12-7-9-6-11(14)13(8-9)4-3-10-2-1-5-15-10/h1-2,5,9H,3-4,6-8H2. The highest BCUT2D eigenvalue weighted by Crippen LogP contribution is 2.19. The van der Waals surface area contributed by atoms with Gasteiger partial charge in [0.25, 0.3) is 0 Å². The van der Waals surface area contributed by atoms with Gasteiger partial charge in [0.1, 0.15) is 5.76 Å². The normalized spacial score (nSPS) is 21.3. The first kappa shape index (κ1) is 10.7. The summed E-state index contributed by atoms with van der Waals surface area (Å²) in [5.41, 5.74) is 0. The summed E-state index contributed by atoms with van der Waals surface area (Å²) in [7, 11) is 0. The van der Waals surface area contributed by atoms with Crippen molar-refractivity contribution in [3.63, 3.8) is 0 Å². The molecule has 0 bridgehead atoms. The summed E-state index contributed by atoms with van der Waals surface area (Å²) >= 11 is 3.42. The van der Waals surface area contributed by atoms with E-state index in [-0.39, 0.29) is 5.91 Å². The predicted molar refractivity (Wildman–Crippen MR) is 60.9 cm³/mol. The summed E-state index contributed by atoms with van der Waals surface area (Å²) < 4.78 is 5.23. The Kier molecular flexibility index (Phi) is 3.46. The third kappa shape index (κ3) is 2.62. The zero-order chi connectivity index (χ0) is 10.7.